The number of nitrogens with one attached hydrogen (secondary N) is 1. The third kappa shape index (κ3) is 4.24. The van der Waals surface area contributed by atoms with Gasteiger partial charge in [0.15, 0.2) is 5.13 Å². The fourth-order valence-corrected chi connectivity index (χ4v) is 5.56. The summed E-state index contributed by atoms with van der Waals surface area (Å²) in [6.07, 6.45) is 2.94. The van der Waals surface area contributed by atoms with Crippen molar-refractivity contribution < 1.29 is 13.2 Å². The van der Waals surface area contributed by atoms with E-state index in [2.05, 4.69) is 20.4 Å². The number of aromatic nitrogens is 4. The van der Waals surface area contributed by atoms with Gasteiger partial charge in [0.25, 0.3) is 0 Å². The first-order valence-corrected chi connectivity index (χ1v) is 11.9. The first-order valence-electron chi connectivity index (χ1n) is 9.69. The number of nitrogens with zero attached hydrogens (tertiary/aromatic N) is 5. The molecule has 3 aromatic rings. The summed E-state index contributed by atoms with van der Waals surface area (Å²) in [7, 11) is -3.66. The van der Waals surface area contributed by atoms with Gasteiger partial charge in [-0.25, -0.2) is 18.4 Å². The number of pyridine rings is 1. The SMILES string of the molecule is CCn1cc(S(=O)(=O)N2CCOC(c3cccc(Nc4ncc(C)s4)n3)C2)c(C)n1. The van der Waals surface area contributed by atoms with E-state index in [1.54, 1.807) is 35.3 Å². The standard InChI is InChI=1S/C19H24N6O3S2/c1-4-24-12-17(14(3)23-24)30(26,27)25-8-9-28-16(11-25)15-6-5-7-18(21-15)22-19-20-10-13(2)29-19/h5-7,10,12,16H,4,8-9,11H2,1-3H3,(H,20,21,22). The van der Waals surface area contributed by atoms with E-state index in [0.717, 1.165) is 10.0 Å². The van der Waals surface area contributed by atoms with E-state index in [4.69, 9.17) is 4.74 Å². The van der Waals surface area contributed by atoms with E-state index in [1.165, 1.54) is 4.31 Å². The van der Waals surface area contributed by atoms with E-state index < -0.39 is 16.1 Å². The van der Waals surface area contributed by atoms with Gasteiger partial charge in [-0.2, -0.15) is 9.40 Å². The van der Waals surface area contributed by atoms with E-state index in [9.17, 15) is 8.42 Å². The maximum absolute atomic E-state index is 13.2. The molecule has 0 spiro atoms. The number of morpholine rings is 1. The third-order valence-corrected chi connectivity index (χ3v) is 7.63. The van der Waals surface area contributed by atoms with Crippen molar-refractivity contribution in [2.45, 2.75) is 38.3 Å². The van der Waals surface area contributed by atoms with Crippen molar-refractivity contribution in [2.75, 3.05) is 25.0 Å². The molecule has 0 radical (unpaired) electrons. The van der Waals surface area contributed by atoms with E-state index in [-0.39, 0.29) is 11.4 Å². The first kappa shape index (κ1) is 20.9. The Kier molecular flexibility index (Phi) is 5.87. The van der Waals surface area contributed by atoms with Gasteiger partial charge >= 0.3 is 0 Å². The molecule has 3 aromatic heterocycles. The molecule has 9 nitrogen and oxygen atoms in total. The zero-order valence-corrected chi connectivity index (χ0v) is 18.7. The molecule has 1 fully saturated rings. The quantitative estimate of drug-likeness (QED) is 0.618. The second kappa shape index (κ2) is 8.42. The highest BCUT2D eigenvalue weighted by atomic mass is 32.2. The normalized spacial score (nSPS) is 17.9. The van der Waals surface area contributed by atoms with Crippen molar-refractivity contribution in [3.05, 3.63) is 46.9 Å². The molecule has 1 aliphatic rings. The minimum Gasteiger partial charge on any atom is -0.369 e. The molecule has 1 aliphatic heterocycles. The van der Waals surface area contributed by atoms with Gasteiger partial charge in [0, 0.05) is 36.9 Å². The van der Waals surface area contributed by atoms with Crippen LogP contribution in [0.15, 0.2) is 35.5 Å². The zero-order valence-electron chi connectivity index (χ0n) is 17.1. The first-order chi connectivity index (χ1) is 14.4. The van der Waals surface area contributed by atoms with Crippen LogP contribution in [0.2, 0.25) is 0 Å². The Balaban J connectivity index is 1.54. The highest BCUT2D eigenvalue weighted by Crippen LogP contribution is 2.28. The summed E-state index contributed by atoms with van der Waals surface area (Å²) in [5.41, 5.74) is 1.18. The molecule has 1 saturated heterocycles. The summed E-state index contributed by atoms with van der Waals surface area (Å²) >= 11 is 1.54. The van der Waals surface area contributed by atoms with Gasteiger partial charge in [-0.1, -0.05) is 6.07 Å². The average Bonchev–Trinajstić information content (AvgIpc) is 3.33. The summed E-state index contributed by atoms with van der Waals surface area (Å²) in [6, 6.07) is 5.57. The Morgan fingerprint density at radius 2 is 2.17 bits per heavy atom. The summed E-state index contributed by atoms with van der Waals surface area (Å²) < 4.78 is 35.4. The van der Waals surface area contributed by atoms with Crippen LogP contribution < -0.4 is 5.32 Å². The summed E-state index contributed by atoms with van der Waals surface area (Å²) in [5, 5.41) is 8.22. The van der Waals surface area contributed by atoms with Gasteiger partial charge in [0.1, 0.15) is 16.8 Å². The lowest BCUT2D eigenvalue weighted by Gasteiger charge is -2.31. The molecular weight excluding hydrogens is 424 g/mol. The van der Waals surface area contributed by atoms with Gasteiger partial charge < -0.3 is 10.1 Å². The van der Waals surface area contributed by atoms with Crippen molar-refractivity contribution in [1.82, 2.24) is 24.1 Å². The lowest BCUT2D eigenvalue weighted by Crippen LogP contribution is -2.42. The van der Waals surface area contributed by atoms with Crippen molar-refractivity contribution in [1.29, 1.82) is 0 Å². The molecule has 0 aromatic carbocycles. The number of hydrogen-bond acceptors (Lipinski definition) is 8. The van der Waals surface area contributed by atoms with Gasteiger partial charge in [0.05, 0.1) is 18.0 Å². The predicted molar refractivity (Wildman–Crippen MR) is 114 cm³/mol. The van der Waals surface area contributed by atoms with Crippen LogP contribution in [0, 0.1) is 13.8 Å². The molecule has 0 amide bonds. The van der Waals surface area contributed by atoms with Crippen molar-refractivity contribution in [3.8, 4) is 0 Å². The predicted octanol–water partition coefficient (Wildman–Crippen LogP) is 2.88. The maximum Gasteiger partial charge on any atom is 0.246 e. The molecule has 11 heteroatoms. The van der Waals surface area contributed by atoms with Crippen LogP contribution in [-0.4, -0.2) is 52.2 Å². The Labute approximate surface area is 179 Å². The molecule has 0 saturated carbocycles. The summed E-state index contributed by atoms with van der Waals surface area (Å²) in [5.74, 6) is 0.644. The van der Waals surface area contributed by atoms with Gasteiger partial charge in [-0.3, -0.25) is 4.68 Å². The van der Waals surface area contributed by atoms with E-state index >= 15 is 0 Å². The highest BCUT2D eigenvalue weighted by molar-refractivity contribution is 7.89. The third-order valence-electron chi connectivity index (χ3n) is 4.83. The Morgan fingerprint density at radius 1 is 1.33 bits per heavy atom. The van der Waals surface area contributed by atoms with Crippen LogP contribution in [0.4, 0.5) is 10.9 Å². The lowest BCUT2D eigenvalue weighted by molar-refractivity contribution is -0.00487. The molecular formula is C19H24N6O3S2. The Hall–Kier alpha value is -2.34. The van der Waals surface area contributed by atoms with Crippen molar-refractivity contribution in [2.24, 2.45) is 0 Å². The summed E-state index contributed by atoms with van der Waals surface area (Å²) in [4.78, 5) is 10.3. The summed E-state index contributed by atoms with van der Waals surface area (Å²) in [6.45, 7) is 7.04. The zero-order chi connectivity index (χ0) is 21.3. The number of hydrogen-bond donors (Lipinski definition) is 1. The molecule has 160 valence electrons. The van der Waals surface area contributed by atoms with Gasteiger partial charge in [-0.05, 0) is 32.9 Å². The molecule has 4 rings (SSSR count). The minimum atomic E-state index is -3.66. The van der Waals surface area contributed by atoms with Gasteiger partial charge in [-0.15, -0.1) is 11.3 Å². The van der Waals surface area contributed by atoms with Crippen molar-refractivity contribution in [3.63, 3.8) is 0 Å². The van der Waals surface area contributed by atoms with Crippen LogP contribution in [-0.2, 0) is 21.3 Å². The smallest absolute Gasteiger partial charge is 0.246 e. The molecule has 0 aliphatic carbocycles. The topological polar surface area (TPSA) is 102 Å². The molecule has 1 N–H and O–H groups in total. The molecule has 1 atom stereocenters. The lowest BCUT2D eigenvalue weighted by atomic mass is 10.2. The van der Waals surface area contributed by atoms with Crippen LogP contribution in [0.3, 0.4) is 0 Å². The highest BCUT2D eigenvalue weighted by Gasteiger charge is 2.34. The van der Waals surface area contributed by atoms with Gasteiger partial charge in [0.2, 0.25) is 10.0 Å². The maximum atomic E-state index is 13.2. The number of ether oxygens (including phenoxy) is 1. The van der Waals surface area contributed by atoms with Crippen LogP contribution in [0.5, 0.6) is 0 Å². The largest absolute Gasteiger partial charge is 0.369 e. The number of thiazole rings is 1. The van der Waals surface area contributed by atoms with Crippen LogP contribution in [0.1, 0.15) is 29.3 Å². The molecule has 1 unspecified atom stereocenters. The number of aryl methyl sites for hydroxylation is 3. The minimum absolute atomic E-state index is 0.200. The molecule has 0 bridgehead atoms. The second-order valence-electron chi connectivity index (χ2n) is 7.01. The number of rotatable bonds is 6. The fraction of sp³-hybridized carbons (Fsp3) is 0.421. The molecule has 4 heterocycles. The van der Waals surface area contributed by atoms with Crippen LogP contribution >= 0.6 is 11.3 Å². The number of anilines is 2. The number of sulfonamides is 1. The second-order valence-corrected chi connectivity index (χ2v) is 10.1. The van der Waals surface area contributed by atoms with Crippen LogP contribution in [0.25, 0.3) is 0 Å². The Bertz CT molecular complexity index is 1140. The molecule has 30 heavy (non-hydrogen) atoms. The average molecular weight is 449 g/mol. The monoisotopic (exact) mass is 448 g/mol. The fourth-order valence-electron chi connectivity index (χ4n) is 3.30. The van der Waals surface area contributed by atoms with E-state index in [1.807, 2.05) is 32.0 Å². The Morgan fingerprint density at radius 3 is 2.87 bits per heavy atom. The van der Waals surface area contributed by atoms with Crippen molar-refractivity contribution >= 4 is 32.3 Å². The van der Waals surface area contributed by atoms with E-state index in [0.29, 0.717) is 36.9 Å².